The number of benzene rings is 1. The lowest BCUT2D eigenvalue weighted by Gasteiger charge is -1.98. The number of hydrogen-bond donors (Lipinski definition) is 0. The Morgan fingerprint density at radius 3 is 3.00 bits per heavy atom. The summed E-state index contributed by atoms with van der Waals surface area (Å²) in [7, 11) is 0. The van der Waals surface area contributed by atoms with E-state index in [1.165, 1.54) is 12.0 Å². The standard InChI is InChI=1S/C11H13.H/c1-3-6-11-8-5-7-10(4-2)9-11;/h2,4-5,7-9H,3,6H2,1H3;. The monoisotopic (exact) mass is 146 g/mol. The van der Waals surface area contributed by atoms with Gasteiger partial charge in [0.25, 0.3) is 0 Å². The molecule has 0 nitrogen and oxygen atoms in total. The van der Waals surface area contributed by atoms with Crippen molar-refractivity contribution in [3.05, 3.63) is 42.0 Å². The summed E-state index contributed by atoms with van der Waals surface area (Å²) in [5, 5.41) is 0. The summed E-state index contributed by atoms with van der Waals surface area (Å²) in [6.45, 7) is 7.57. The normalized spacial score (nSPS) is 9.55. The van der Waals surface area contributed by atoms with E-state index in [1.54, 1.807) is 6.08 Å². The molecule has 0 spiro atoms. The maximum absolute atomic E-state index is 5.39. The van der Waals surface area contributed by atoms with Crippen LogP contribution in [0.1, 0.15) is 25.9 Å². The van der Waals surface area contributed by atoms with Gasteiger partial charge in [0.05, 0.1) is 0 Å². The highest BCUT2D eigenvalue weighted by molar-refractivity contribution is 5.46. The Hall–Kier alpha value is -1.04. The fourth-order valence-electron chi connectivity index (χ4n) is 1.14. The summed E-state index contributed by atoms with van der Waals surface area (Å²) in [6.07, 6.45) is 3.97. The minimum Gasteiger partial charge on any atom is -0.0651 e. The van der Waals surface area contributed by atoms with E-state index in [-0.39, 0.29) is 1.43 Å². The largest absolute Gasteiger partial charge is 0.0651 e. The summed E-state index contributed by atoms with van der Waals surface area (Å²) in [5.74, 6) is 0. The van der Waals surface area contributed by atoms with Crippen molar-refractivity contribution < 1.29 is 1.43 Å². The van der Waals surface area contributed by atoms with Gasteiger partial charge in [-0.15, -0.1) is 0 Å². The predicted molar refractivity (Wildman–Crippen MR) is 50.3 cm³/mol. The Balaban J connectivity index is 0.00000121. The SMILES string of the molecule is [CH]=Cc1cccc(CCC)c1.[H]. The first kappa shape index (κ1) is 8.06. The van der Waals surface area contributed by atoms with Crippen LogP contribution in [0, 0.1) is 6.58 Å². The van der Waals surface area contributed by atoms with Crippen LogP contribution in [-0.4, -0.2) is 0 Å². The molecule has 0 fully saturated rings. The molecule has 1 aromatic rings. The number of rotatable bonds is 3. The Morgan fingerprint density at radius 1 is 1.55 bits per heavy atom. The van der Waals surface area contributed by atoms with E-state index >= 15 is 0 Å². The molecule has 1 aromatic carbocycles. The first-order chi connectivity index (χ1) is 5.36. The molecule has 0 N–H and O–H groups in total. The quantitative estimate of drug-likeness (QED) is 0.614. The van der Waals surface area contributed by atoms with Gasteiger partial charge in [-0.25, -0.2) is 0 Å². The highest BCUT2D eigenvalue weighted by atomic mass is 14.0. The van der Waals surface area contributed by atoms with E-state index in [2.05, 4.69) is 19.1 Å². The van der Waals surface area contributed by atoms with Crippen LogP contribution in [0.2, 0.25) is 0 Å². The van der Waals surface area contributed by atoms with Crippen molar-refractivity contribution in [2.45, 2.75) is 19.8 Å². The van der Waals surface area contributed by atoms with Crippen molar-refractivity contribution in [3.8, 4) is 0 Å². The molecule has 1 rings (SSSR count). The summed E-state index contributed by atoms with van der Waals surface area (Å²) < 4.78 is 0. The molecular formula is C11H14. The molecule has 0 saturated carbocycles. The lowest BCUT2D eigenvalue weighted by Crippen LogP contribution is -1.82. The van der Waals surface area contributed by atoms with E-state index in [0.29, 0.717) is 0 Å². The van der Waals surface area contributed by atoms with E-state index in [1.807, 2.05) is 12.1 Å². The minimum absolute atomic E-state index is 0. The van der Waals surface area contributed by atoms with Crippen molar-refractivity contribution in [3.63, 3.8) is 0 Å². The highest BCUT2D eigenvalue weighted by Crippen LogP contribution is 2.07. The van der Waals surface area contributed by atoms with Gasteiger partial charge in [-0.05, 0) is 17.5 Å². The second-order valence-corrected chi connectivity index (χ2v) is 2.66. The molecular weight excluding hydrogens is 132 g/mol. The lowest BCUT2D eigenvalue weighted by atomic mass is 10.1. The zero-order valence-corrected chi connectivity index (χ0v) is 6.88. The second-order valence-electron chi connectivity index (χ2n) is 2.66. The molecule has 0 atom stereocenters. The summed E-state index contributed by atoms with van der Waals surface area (Å²) in [4.78, 5) is 0. The minimum atomic E-state index is 0. The first-order valence-corrected chi connectivity index (χ1v) is 4.00. The maximum Gasteiger partial charge on any atom is 0 e. The average molecular weight is 146 g/mol. The van der Waals surface area contributed by atoms with Gasteiger partial charge in [0.2, 0.25) is 0 Å². The molecule has 0 aliphatic heterocycles. The van der Waals surface area contributed by atoms with E-state index < -0.39 is 0 Å². The Labute approximate surface area is 70.1 Å². The Bertz CT molecular complexity index is 241. The van der Waals surface area contributed by atoms with Crippen LogP contribution >= 0.6 is 0 Å². The fourth-order valence-corrected chi connectivity index (χ4v) is 1.14. The summed E-state index contributed by atoms with van der Waals surface area (Å²) in [5.41, 5.74) is 2.47. The van der Waals surface area contributed by atoms with E-state index in [9.17, 15) is 0 Å². The molecule has 0 heterocycles. The third-order valence-electron chi connectivity index (χ3n) is 1.68. The molecule has 0 aliphatic rings. The van der Waals surface area contributed by atoms with Crippen LogP contribution in [0.15, 0.2) is 24.3 Å². The lowest BCUT2D eigenvalue weighted by molar-refractivity contribution is 0.921. The van der Waals surface area contributed by atoms with E-state index in [4.69, 9.17) is 6.58 Å². The van der Waals surface area contributed by atoms with Gasteiger partial charge >= 0.3 is 0 Å². The molecule has 58 valence electrons. The van der Waals surface area contributed by atoms with Crippen molar-refractivity contribution in [2.24, 2.45) is 0 Å². The molecule has 2 radical (unpaired) electrons. The number of hydrogen-bond acceptors (Lipinski definition) is 0. The molecule has 0 aromatic heterocycles. The molecule has 0 saturated heterocycles. The third kappa shape index (κ3) is 2.23. The molecule has 11 heavy (non-hydrogen) atoms. The molecule has 0 bridgehead atoms. The van der Waals surface area contributed by atoms with Gasteiger partial charge < -0.3 is 0 Å². The second kappa shape index (κ2) is 3.97. The summed E-state index contributed by atoms with van der Waals surface area (Å²) >= 11 is 0. The Morgan fingerprint density at radius 2 is 2.36 bits per heavy atom. The van der Waals surface area contributed by atoms with Gasteiger partial charge in [0.15, 0.2) is 0 Å². The zero-order valence-electron chi connectivity index (χ0n) is 7.88. The van der Waals surface area contributed by atoms with E-state index in [0.717, 1.165) is 12.0 Å². The predicted octanol–water partition coefficient (Wildman–Crippen LogP) is 3.20. The van der Waals surface area contributed by atoms with Gasteiger partial charge in [0, 0.05) is 1.43 Å². The van der Waals surface area contributed by atoms with Gasteiger partial charge in [-0.3, -0.25) is 0 Å². The first-order valence-electron chi connectivity index (χ1n) is 4.00. The topological polar surface area (TPSA) is 0 Å². The van der Waals surface area contributed by atoms with Gasteiger partial charge in [-0.1, -0.05) is 50.3 Å². The zero-order chi connectivity index (χ0) is 8.10. The average Bonchev–Trinajstić information content (AvgIpc) is 2.06. The van der Waals surface area contributed by atoms with Crippen molar-refractivity contribution >= 4 is 6.08 Å². The highest BCUT2D eigenvalue weighted by Gasteiger charge is 1.90. The van der Waals surface area contributed by atoms with Crippen LogP contribution < -0.4 is 0 Å². The molecule has 0 aliphatic carbocycles. The van der Waals surface area contributed by atoms with Crippen molar-refractivity contribution in [2.75, 3.05) is 0 Å². The molecule has 0 amide bonds. The third-order valence-corrected chi connectivity index (χ3v) is 1.68. The number of aryl methyl sites for hydroxylation is 1. The van der Waals surface area contributed by atoms with Crippen LogP contribution in [0.3, 0.4) is 0 Å². The maximum atomic E-state index is 5.39. The fraction of sp³-hybridized carbons (Fsp3) is 0.273. The van der Waals surface area contributed by atoms with Gasteiger partial charge in [-0.2, -0.15) is 0 Å². The van der Waals surface area contributed by atoms with Crippen LogP contribution in [0.5, 0.6) is 0 Å². The summed E-state index contributed by atoms with van der Waals surface area (Å²) in [6, 6.07) is 8.32. The molecule has 0 unspecified atom stereocenters. The smallest absolute Gasteiger partial charge is 0 e. The van der Waals surface area contributed by atoms with Gasteiger partial charge in [0.1, 0.15) is 0 Å². The molecule has 0 heteroatoms. The van der Waals surface area contributed by atoms with Crippen molar-refractivity contribution in [1.29, 1.82) is 0 Å². The van der Waals surface area contributed by atoms with Crippen molar-refractivity contribution in [1.82, 2.24) is 0 Å². The van der Waals surface area contributed by atoms with Crippen LogP contribution in [-0.2, 0) is 6.42 Å². The van der Waals surface area contributed by atoms with Crippen LogP contribution in [0.4, 0.5) is 0 Å². The Kier molecular flexibility index (Phi) is 2.91. The van der Waals surface area contributed by atoms with Crippen LogP contribution in [0.25, 0.3) is 6.08 Å².